The summed E-state index contributed by atoms with van der Waals surface area (Å²) < 4.78 is 5.45. The molecule has 0 bridgehead atoms. The van der Waals surface area contributed by atoms with Gasteiger partial charge in [0, 0.05) is 13.5 Å². The summed E-state index contributed by atoms with van der Waals surface area (Å²) in [5, 5.41) is 9.43. The monoisotopic (exact) mass is 201 g/mol. The SMILES string of the molecule is CC(=O)N1C[C@H](O)C[C@H]1COC(C)C. The standard InChI is InChI=1S/C10H19NO3/c1-7(2)14-6-9-4-10(13)5-11(9)8(3)12/h7,9-10,13H,4-6H2,1-3H3/t9-,10+/m0/s1. The molecule has 0 aliphatic carbocycles. The van der Waals surface area contributed by atoms with Gasteiger partial charge in [0.1, 0.15) is 0 Å². The highest BCUT2D eigenvalue weighted by atomic mass is 16.5. The van der Waals surface area contributed by atoms with E-state index in [1.807, 2.05) is 13.8 Å². The van der Waals surface area contributed by atoms with Crippen LogP contribution in [0.15, 0.2) is 0 Å². The number of β-amino-alcohol motifs (C(OH)–C–C–N with tert-alkyl or cyclic N) is 1. The first-order chi connectivity index (χ1) is 6.50. The molecule has 1 saturated heterocycles. The molecular weight excluding hydrogens is 182 g/mol. The lowest BCUT2D eigenvalue weighted by molar-refractivity contribution is -0.131. The average Bonchev–Trinajstić information content (AvgIpc) is 2.43. The summed E-state index contributed by atoms with van der Waals surface area (Å²) >= 11 is 0. The fraction of sp³-hybridized carbons (Fsp3) is 0.900. The molecule has 82 valence electrons. The van der Waals surface area contributed by atoms with E-state index in [0.717, 1.165) is 0 Å². The summed E-state index contributed by atoms with van der Waals surface area (Å²) in [6, 6.07) is 0.0462. The maximum atomic E-state index is 11.2. The molecule has 2 atom stereocenters. The van der Waals surface area contributed by atoms with Gasteiger partial charge in [-0.15, -0.1) is 0 Å². The smallest absolute Gasteiger partial charge is 0.219 e. The van der Waals surface area contributed by atoms with Gasteiger partial charge in [0.15, 0.2) is 0 Å². The number of nitrogens with zero attached hydrogens (tertiary/aromatic N) is 1. The third-order valence-electron chi connectivity index (χ3n) is 2.42. The van der Waals surface area contributed by atoms with Gasteiger partial charge >= 0.3 is 0 Å². The molecule has 0 radical (unpaired) electrons. The zero-order valence-electron chi connectivity index (χ0n) is 9.06. The van der Waals surface area contributed by atoms with Crippen molar-refractivity contribution in [2.45, 2.75) is 45.4 Å². The van der Waals surface area contributed by atoms with E-state index >= 15 is 0 Å². The Morgan fingerprint density at radius 1 is 1.64 bits per heavy atom. The molecule has 1 rings (SSSR count). The van der Waals surface area contributed by atoms with E-state index in [1.54, 1.807) is 4.90 Å². The van der Waals surface area contributed by atoms with Crippen molar-refractivity contribution >= 4 is 5.91 Å². The Labute approximate surface area is 84.8 Å². The average molecular weight is 201 g/mol. The third kappa shape index (κ3) is 2.96. The molecule has 4 heteroatoms. The number of aliphatic hydroxyl groups is 1. The lowest BCUT2D eigenvalue weighted by Crippen LogP contribution is -2.37. The number of carbonyl (C=O) groups is 1. The maximum absolute atomic E-state index is 11.2. The van der Waals surface area contributed by atoms with E-state index < -0.39 is 0 Å². The van der Waals surface area contributed by atoms with E-state index in [4.69, 9.17) is 4.74 Å². The zero-order valence-corrected chi connectivity index (χ0v) is 9.06. The van der Waals surface area contributed by atoms with E-state index in [0.29, 0.717) is 19.6 Å². The highest BCUT2D eigenvalue weighted by Gasteiger charge is 2.32. The fourth-order valence-corrected chi connectivity index (χ4v) is 1.74. The van der Waals surface area contributed by atoms with Crippen LogP contribution in [0.2, 0.25) is 0 Å². The topological polar surface area (TPSA) is 49.8 Å². The number of amides is 1. The second kappa shape index (κ2) is 4.75. The molecule has 0 aromatic rings. The summed E-state index contributed by atoms with van der Waals surface area (Å²) in [7, 11) is 0. The molecule has 0 aromatic heterocycles. The molecule has 1 N–H and O–H groups in total. The lowest BCUT2D eigenvalue weighted by Gasteiger charge is -2.23. The van der Waals surface area contributed by atoms with E-state index in [9.17, 15) is 9.90 Å². The summed E-state index contributed by atoms with van der Waals surface area (Å²) in [6.07, 6.45) is 0.410. The van der Waals surface area contributed by atoms with Gasteiger partial charge < -0.3 is 14.7 Å². The second-order valence-electron chi connectivity index (χ2n) is 4.10. The Bertz CT molecular complexity index is 206. The largest absolute Gasteiger partial charge is 0.391 e. The van der Waals surface area contributed by atoms with Gasteiger partial charge in [-0.05, 0) is 20.3 Å². The predicted molar refractivity (Wildman–Crippen MR) is 52.9 cm³/mol. The molecule has 0 saturated carbocycles. The van der Waals surface area contributed by atoms with Crippen LogP contribution in [0.4, 0.5) is 0 Å². The molecule has 0 aromatic carbocycles. The number of ether oxygens (including phenoxy) is 1. The van der Waals surface area contributed by atoms with Crippen LogP contribution in [-0.2, 0) is 9.53 Å². The molecule has 0 unspecified atom stereocenters. The zero-order chi connectivity index (χ0) is 10.7. The van der Waals surface area contributed by atoms with Gasteiger partial charge in [0.25, 0.3) is 0 Å². The minimum atomic E-state index is -0.389. The molecular formula is C10H19NO3. The number of hydrogen-bond acceptors (Lipinski definition) is 3. The van der Waals surface area contributed by atoms with Gasteiger partial charge in [-0.3, -0.25) is 4.79 Å². The van der Waals surface area contributed by atoms with Crippen molar-refractivity contribution < 1.29 is 14.6 Å². The molecule has 0 spiro atoms. The quantitative estimate of drug-likeness (QED) is 0.718. The van der Waals surface area contributed by atoms with Gasteiger partial charge in [0.05, 0.1) is 24.9 Å². The fourth-order valence-electron chi connectivity index (χ4n) is 1.74. The molecule has 14 heavy (non-hydrogen) atoms. The molecule has 1 amide bonds. The first kappa shape index (κ1) is 11.5. The molecule has 1 aliphatic rings. The predicted octanol–water partition coefficient (Wildman–Crippen LogP) is 0.393. The number of aliphatic hydroxyl groups excluding tert-OH is 1. The Morgan fingerprint density at radius 3 is 2.79 bits per heavy atom. The van der Waals surface area contributed by atoms with Gasteiger partial charge in [0.2, 0.25) is 5.91 Å². The van der Waals surface area contributed by atoms with E-state index in [1.165, 1.54) is 6.92 Å². The van der Waals surface area contributed by atoms with Crippen molar-refractivity contribution in [3.63, 3.8) is 0 Å². The van der Waals surface area contributed by atoms with Crippen LogP contribution in [0.1, 0.15) is 27.2 Å². The number of hydrogen-bond donors (Lipinski definition) is 1. The summed E-state index contributed by atoms with van der Waals surface area (Å²) in [5.41, 5.74) is 0. The van der Waals surface area contributed by atoms with Crippen molar-refractivity contribution in [1.29, 1.82) is 0 Å². The van der Waals surface area contributed by atoms with Crippen molar-refractivity contribution in [2.75, 3.05) is 13.2 Å². The van der Waals surface area contributed by atoms with Gasteiger partial charge in [-0.1, -0.05) is 0 Å². The molecule has 1 fully saturated rings. The highest BCUT2D eigenvalue weighted by molar-refractivity contribution is 5.74. The lowest BCUT2D eigenvalue weighted by atomic mass is 10.2. The van der Waals surface area contributed by atoms with Crippen LogP contribution in [0.3, 0.4) is 0 Å². The first-order valence-corrected chi connectivity index (χ1v) is 5.07. The van der Waals surface area contributed by atoms with E-state index in [-0.39, 0.29) is 24.2 Å². The Balaban J connectivity index is 2.45. The van der Waals surface area contributed by atoms with Crippen LogP contribution in [0, 0.1) is 0 Å². The van der Waals surface area contributed by atoms with Crippen molar-refractivity contribution in [3.05, 3.63) is 0 Å². The van der Waals surface area contributed by atoms with Gasteiger partial charge in [-0.25, -0.2) is 0 Å². The molecule has 1 aliphatic heterocycles. The van der Waals surface area contributed by atoms with Crippen LogP contribution in [-0.4, -0.2) is 47.3 Å². The minimum Gasteiger partial charge on any atom is -0.391 e. The minimum absolute atomic E-state index is 0.0129. The van der Waals surface area contributed by atoms with Crippen LogP contribution in [0.25, 0.3) is 0 Å². The Kier molecular flexibility index (Phi) is 3.89. The highest BCUT2D eigenvalue weighted by Crippen LogP contribution is 2.18. The van der Waals surface area contributed by atoms with Crippen LogP contribution in [0.5, 0.6) is 0 Å². The molecule has 1 heterocycles. The normalized spacial score (nSPS) is 27.4. The number of rotatable bonds is 3. The Morgan fingerprint density at radius 2 is 2.29 bits per heavy atom. The first-order valence-electron chi connectivity index (χ1n) is 5.07. The number of likely N-dealkylation sites (tertiary alicyclic amines) is 1. The van der Waals surface area contributed by atoms with Crippen molar-refractivity contribution in [1.82, 2.24) is 4.90 Å². The van der Waals surface area contributed by atoms with Crippen LogP contribution < -0.4 is 0 Å². The summed E-state index contributed by atoms with van der Waals surface area (Å²) in [5.74, 6) is 0.0129. The van der Waals surface area contributed by atoms with Crippen molar-refractivity contribution in [2.24, 2.45) is 0 Å². The van der Waals surface area contributed by atoms with Crippen molar-refractivity contribution in [3.8, 4) is 0 Å². The Hall–Kier alpha value is -0.610. The maximum Gasteiger partial charge on any atom is 0.219 e. The molecule has 4 nitrogen and oxygen atoms in total. The van der Waals surface area contributed by atoms with Gasteiger partial charge in [-0.2, -0.15) is 0 Å². The van der Waals surface area contributed by atoms with E-state index in [2.05, 4.69) is 0 Å². The number of carbonyl (C=O) groups excluding carboxylic acids is 1. The summed E-state index contributed by atoms with van der Waals surface area (Å²) in [6.45, 7) is 6.42. The third-order valence-corrected chi connectivity index (χ3v) is 2.42. The second-order valence-corrected chi connectivity index (χ2v) is 4.10. The summed E-state index contributed by atoms with van der Waals surface area (Å²) in [4.78, 5) is 12.9. The van der Waals surface area contributed by atoms with Crippen LogP contribution >= 0.6 is 0 Å².